The third-order valence-electron chi connectivity index (χ3n) is 2.99. The Morgan fingerprint density at radius 1 is 1.14 bits per heavy atom. The molecule has 0 spiro atoms. The van der Waals surface area contributed by atoms with Crippen LogP contribution in [0.4, 0.5) is 0 Å². The van der Waals surface area contributed by atoms with E-state index >= 15 is 0 Å². The Morgan fingerprint density at radius 3 is 1.93 bits per heavy atom. The molecule has 0 radical (unpaired) electrons. The smallest absolute Gasteiger partial charge is 0.132 e. The molecular formula is C13H24N+. The number of quaternary nitrogens is 1. The maximum absolute atomic E-state index is 3.78. The van der Waals surface area contributed by atoms with E-state index in [1.54, 1.807) is 0 Å². The van der Waals surface area contributed by atoms with E-state index < -0.39 is 0 Å². The van der Waals surface area contributed by atoms with Crippen molar-refractivity contribution in [3.63, 3.8) is 0 Å². The second-order valence-electron chi connectivity index (χ2n) is 3.42. The zero-order valence-electron chi connectivity index (χ0n) is 10.1. The molecule has 0 atom stereocenters. The van der Waals surface area contributed by atoms with Crippen molar-refractivity contribution < 1.29 is 4.48 Å². The first-order valence-corrected chi connectivity index (χ1v) is 5.52. The normalized spacial score (nSPS) is 13.6. The number of likely N-dealkylation sites (N-methyl/N-ethyl adjacent to an activating group) is 1. The second-order valence-corrected chi connectivity index (χ2v) is 3.42. The van der Waals surface area contributed by atoms with E-state index in [4.69, 9.17) is 0 Å². The number of hydrogen-bond acceptors (Lipinski definition) is 0. The van der Waals surface area contributed by atoms with Crippen molar-refractivity contribution in [3.05, 3.63) is 36.6 Å². The number of allylic oxidation sites excluding steroid dienone is 4. The predicted molar refractivity (Wildman–Crippen MR) is 65.0 cm³/mol. The Balaban J connectivity index is 5.10. The summed E-state index contributed by atoms with van der Waals surface area (Å²) in [6, 6.07) is 0. The van der Waals surface area contributed by atoms with E-state index in [-0.39, 0.29) is 0 Å². The summed E-state index contributed by atoms with van der Waals surface area (Å²) in [5.41, 5.74) is 1.36. The van der Waals surface area contributed by atoms with Crippen LogP contribution in [0.1, 0.15) is 27.7 Å². The third kappa shape index (κ3) is 2.85. The molecule has 0 saturated carbocycles. The molecule has 0 N–H and O–H groups in total. The Kier molecular flexibility index (Phi) is 6.22. The van der Waals surface area contributed by atoms with Gasteiger partial charge in [0.05, 0.1) is 19.6 Å². The van der Waals surface area contributed by atoms with Crippen molar-refractivity contribution in [2.45, 2.75) is 27.7 Å². The van der Waals surface area contributed by atoms with E-state index in [0.717, 1.165) is 24.1 Å². The molecule has 80 valence electrons. The summed E-state index contributed by atoms with van der Waals surface area (Å²) in [5, 5.41) is 0. The van der Waals surface area contributed by atoms with E-state index in [2.05, 4.69) is 52.5 Å². The monoisotopic (exact) mass is 194 g/mol. The minimum Gasteiger partial charge on any atom is -0.292 e. The van der Waals surface area contributed by atoms with Gasteiger partial charge in [0.2, 0.25) is 0 Å². The van der Waals surface area contributed by atoms with Gasteiger partial charge in [0.25, 0.3) is 0 Å². The largest absolute Gasteiger partial charge is 0.292 e. The van der Waals surface area contributed by atoms with Crippen LogP contribution in [0.25, 0.3) is 0 Å². The molecule has 0 fully saturated rings. The molecule has 1 nitrogen and oxygen atoms in total. The number of hydrogen-bond donors (Lipinski definition) is 0. The van der Waals surface area contributed by atoms with E-state index in [9.17, 15) is 0 Å². The van der Waals surface area contributed by atoms with Gasteiger partial charge < -0.3 is 0 Å². The fraction of sp³-hybridized carbons (Fsp3) is 0.538. The van der Waals surface area contributed by atoms with Crippen LogP contribution in [-0.4, -0.2) is 24.1 Å². The average Bonchev–Trinajstić information content (AvgIpc) is 2.22. The first-order valence-electron chi connectivity index (χ1n) is 5.52. The maximum Gasteiger partial charge on any atom is 0.132 e. The highest BCUT2D eigenvalue weighted by atomic mass is 15.3. The summed E-state index contributed by atoms with van der Waals surface area (Å²) in [6.07, 6.45) is 8.29. The van der Waals surface area contributed by atoms with Crippen LogP contribution in [0.3, 0.4) is 0 Å². The number of nitrogens with zero attached hydrogens (tertiary/aromatic N) is 1. The van der Waals surface area contributed by atoms with E-state index in [1.807, 2.05) is 6.08 Å². The van der Waals surface area contributed by atoms with Gasteiger partial charge in [0, 0.05) is 0 Å². The van der Waals surface area contributed by atoms with Gasteiger partial charge in [-0.05, 0) is 39.8 Å². The Bertz CT molecular complexity index is 211. The minimum absolute atomic E-state index is 1.04. The molecule has 0 aromatic rings. The van der Waals surface area contributed by atoms with Crippen molar-refractivity contribution in [1.29, 1.82) is 0 Å². The first-order chi connectivity index (χ1) is 6.70. The molecule has 0 saturated heterocycles. The Morgan fingerprint density at radius 2 is 1.64 bits per heavy atom. The van der Waals surface area contributed by atoms with Crippen LogP contribution in [0.5, 0.6) is 0 Å². The molecule has 0 bridgehead atoms. The minimum atomic E-state index is 1.04. The fourth-order valence-electron chi connectivity index (χ4n) is 1.88. The second kappa shape index (κ2) is 6.61. The molecule has 1 heteroatoms. The van der Waals surface area contributed by atoms with Crippen molar-refractivity contribution in [2.75, 3.05) is 19.6 Å². The molecule has 0 aromatic heterocycles. The zero-order valence-corrected chi connectivity index (χ0v) is 10.1. The van der Waals surface area contributed by atoms with Crippen molar-refractivity contribution in [1.82, 2.24) is 0 Å². The van der Waals surface area contributed by atoms with Crippen molar-refractivity contribution >= 4 is 0 Å². The van der Waals surface area contributed by atoms with Crippen molar-refractivity contribution in [2.24, 2.45) is 0 Å². The summed E-state index contributed by atoms with van der Waals surface area (Å²) >= 11 is 0. The topological polar surface area (TPSA) is 0 Å². The molecule has 14 heavy (non-hydrogen) atoms. The van der Waals surface area contributed by atoms with Gasteiger partial charge in [-0.15, -0.1) is 0 Å². The lowest BCUT2D eigenvalue weighted by Gasteiger charge is -2.36. The lowest BCUT2D eigenvalue weighted by molar-refractivity contribution is -0.884. The molecule has 0 heterocycles. The lowest BCUT2D eigenvalue weighted by atomic mass is 10.2. The number of rotatable bonds is 6. The maximum atomic E-state index is 3.78. The summed E-state index contributed by atoms with van der Waals surface area (Å²) in [6.45, 7) is 16.0. The van der Waals surface area contributed by atoms with Crippen LogP contribution in [0.2, 0.25) is 0 Å². The molecule has 0 aliphatic heterocycles. The molecule has 0 unspecified atom stereocenters. The predicted octanol–water partition coefficient (Wildman–Crippen LogP) is 3.51. The lowest BCUT2D eigenvalue weighted by Crippen LogP contribution is -2.45. The van der Waals surface area contributed by atoms with E-state index in [0.29, 0.717) is 0 Å². The van der Waals surface area contributed by atoms with Crippen LogP contribution in [0, 0.1) is 0 Å². The molecule has 0 aromatic carbocycles. The average molecular weight is 194 g/mol. The zero-order chi connectivity index (χ0) is 11.0. The van der Waals surface area contributed by atoms with Gasteiger partial charge in [-0.3, -0.25) is 4.48 Å². The van der Waals surface area contributed by atoms with Crippen LogP contribution in [0.15, 0.2) is 36.6 Å². The Labute approximate surface area is 89.0 Å². The van der Waals surface area contributed by atoms with Gasteiger partial charge in [-0.1, -0.05) is 18.7 Å². The summed E-state index contributed by atoms with van der Waals surface area (Å²) in [5.74, 6) is 0. The Hall–Kier alpha value is -0.820. The fourth-order valence-corrected chi connectivity index (χ4v) is 1.88. The van der Waals surface area contributed by atoms with Gasteiger partial charge >= 0.3 is 0 Å². The molecule has 0 amide bonds. The SMILES string of the molecule is C=C/C=C(\C=C/C)[N+](CC)(CC)CC. The molecule has 0 aliphatic carbocycles. The van der Waals surface area contributed by atoms with Gasteiger partial charge in [-0.25, -0.2) is 0 Å². The summed E-state index contributed by atoms with van der Waals surface area (Å²) in [4.78, 5) is 0. The molecule has 0 rings (SSSR count). The highest BCUT2D eigenvalue weighted by Crippen LogP contribution is 2.18. The van der Waals surface area contributed by atoms with Crippen molar-refractivity contribution in [3.8, 4) is 0 Å². The summed E-state index contributed by atoms with van der Waals surface area (Å²) < 4.78 is 1.04. The quantitative estimate of drug-likeness (QED) is 0.448. The first kappa shape index (κ1) is 13.2. The van der Waals surface area contributed by atoms with Gasteiger partial charge in [-0.2, -0.15) is 0 Å². The third-order valence-corrected chi connectivity index (χ3v) is 2.99. The van der Waals surface area contributed by atoms with Gasteiger partial charge in [0.15, 0.2) is 0 Å². The highest BCUT2D eigenvalue weighted by Gasteiger charge is 2.24. The highest BCUT2D eigenvalue weighted by molar-refractivity contribution is 5.16. The standard InChI is InChI=1S/C13H24N/c1-6-11-13(12-7-2)14(8-3,9-4)10-5/h6-7,11-12H,1,8-10H2,2-5H3/q+1/b12-7-,13-11+. The molecule has 0 aliphatic rings. The summed E-state index contributed by atoms with van der Waals surface area (Å²) in [7, 11) is 0. The van der Waals surface area contributed by atoms with E-state index in [1.165, 1.54) is 5.70 Å². The van der Waals surface area contributed by atoms with Crippen LogP contribution < -0.4 is 0 Å². The van der Waals surface area contributed by atoms with Crippen LogP contribution >= 0.6 is 0 Å². The van der Waals surface area contributed by atoms with Gasteiger partial charge in [0.1, 0.15) is 5.70 Å². The van der Waals surface area contributed by atoms with Crippen LogP contribution in [-0.2, 0) is 0 Å². The molecular weight excluding hydrogens is 170 g/mol.